The molecule has 0 unspecified atom stereocenters. The lowest BCUT2D eigenvalue weighted by Gasteiger charge is -2.42. The third kappa shape index (κ3) is 2.35. The number of piperazine rings is 1. The molecule has 1 N–H and O–H groups in total. The van der Waals surface area contributed by atoms with Gasteiger partial charge in [-0.25, -0.2) is 4.39 Å². The molecule has 0 radical (unpaired) electrons. The largest absolute Gasteiger partial charge is 0.331 e. The van der Waals surface area contributed by atoms with E-state index in [0.29, 0.717) is 13.1 Å². The van der Waals surface area contributed by atoms with E-state index in [-0.39, 0.29) is 22.0 Å². The van der Waals surface area contributed by atoms with Gasteiger partial charge < -0.3 is 10.2 Å². The van der Waals surface area contributed by atoms with Gasteiger partial charge in [0.25, 0.3) is 5.91 Å². The van der Waals surface area contributed by atoms with E-state index >= 15 is 0 Å². The van der Waals surface area contributed by atoms with Crippen molar-refractivity contribution in [1.29, 1.82) is 0 Å². The van der Waals surface area contributed by atoms with Gasteiger partial charge in [0.05, 0.1) is 16.1 Å². The molecule has 1 fully saturated rings. The Balaban J connectivity index is 2.33. The van der Waals surface area contributed by atoms with Crippen molar-refractivity contribution >= 4 is 17.5 Å². The van der Waals surface area contributed by atoms with Crippen molar-refractivity contribution in [2.45, 2.75) is 19.4 Å². The van der Waals surface area contributed by atoms with Crippen LogP contribution in [-0.2, 0) is 0 Å². The van der Waals surface area contributed by atoms with Crippen LogP contribution in [0.15, 0.2) is 18.2 Å². The molecule has 1 aliphatic rings. The molecule has 2 rings (SSSR count). The van der Waals surface area contributed by atoms with E-state index in [9.17, 15) is 9.18 Å². The van der Waals surface area contributed by atoms with Crippen LogP contribution in [0.5, 0.6) is 0 Å². The Hall–Kier alpha value is -1.13. The summed E-state index contributed by atoms with van der Waals surface area (Å²) in [5, 5.41) is 3.20. The van der Waals surface area contributed by atoms with Crippen LogP contribution in [0.4, 0.5) is 4.39 Å². The van der Waals surface area contributed by atoms with E-state index in [4.69, 9.17) is 11.6 Å². The highest BCUT2D eigenvalue weighted by Gasteiger charge is 2.34. The third-order valence-corrected chi connectivity index (χ3v) is 3.52. The zero-order valence-electron chi connectivity index (χ0n) is 10.5. The van der Waals surface area contributed by atoms with Gasteiger partial charge in [-0.2, -0.15) is 0 Å². The first-order chi connectivity index (χ1) is 8.43. The molecule has 1 aromatic carbocycles. The molecule has 0 spiro atoms. The highest BCUT2D eigenvalue weighted by atomic mass is 35.5. The first-order valence-electron chi connectivity index (χ1n) is 5.90. The summed E-state index contributed by atoms with van der Waals surface area (Å²) < 4.78 is 13.9. The quantitative estimate of drug-likeness (QED) is 0.849. The highest BCUT2D eigenvalue weighted by Crippen LogP contribution is 2.23. The lowest BCUT2D eigenvalue weighted by atomic mass is 9.98. The van der Waals surface area contributed by atoms with E-state index in [1.165, 1.54) is 12.1 Å². The zero-order valence-corrected chi connectivity index (χ0v) is 11.2. The summed E-state index contributed by atoms with van der Waals surface area (Å²) >= 11 is 5.71. The second kappa shape index (κ2) is 4.86. The minimum atomic E-state index is -0.640. The Morgan fingerprint density at radius 2 is 2.22 bits per heavy atom. The van der Waals surface area contributed by atoms with Crippen LogP contribution in [0.3, 0.4) is 0 Å². The molecular weight excluding hydrogens is 255 g/mol. The smallest absolute Gasteiger partial charge is 0.257 e. The van der Waals surface area contributed by atoms with Crippen molar-refractivity contribution in [2.24, 2.45) is 0 Å². The van der Waals surface area contributed by atoms with Crippen LogP contribution in [0.25, 0.3) is 0 Å². The molecular formula is C13H16ClFN2O. The molecule has 1 aromatic rings. The van der Waals surface area contributed by atoms with Crippen molar-refractivity contribution < 1.29 is 9.18 Å². The maximum atomic E-state index is 13.9. The molecule has 18 heavy (non-hydrogen) atoms. The van der Waals surface area contributed by atoms with Crippen LogP contribution >= 0.6 is 11.6 Å². The molecule has 0 atom stereocenters. The SMILES string of the molecule is CC1(C)CNCCN1C(=O)c1cccc(Cl)c1F. The van der Waals surface area contributed by atoms with Gasteiger partial charge in [-0.1, -0.05) is 17.7 Å². The van der Waals surface area contributed by atoms with Crippen LogP contribution in [0.2, 0.25) is 5.02 Å². The Kier molecular flexibility index (Phi) is 3.59. The molecule has 0 bridgehead atoms. The number of nitrogens with one attached hydrogen (secondary N) is 1. The van der Waals surface area contributed by atoms with Crippen molar-refractivity contribution in [2.75, 3.05) is 19.6 Å². The number of halogens is 2. The molecule has 1 amide bonds. The van der Waals surface area contributed by atoms with Crippen molar-refractivity contribution in [3.05, 3.63) is 34.6 Å². The predicted molar refractivity (Wildman–Crippen MR) is 69.4 cm³/mol. The number of carbonyl (C=O) groups is 1. The number of hydrogen-bond acceptors (Lipinski definition) is 2. The fourth-order valence-electron chi connectivity index (χ4n) is 2.17. The van der Waals surface area contributed by atoms with Crippen LogP contribution < -0.4 is 5.32 Å². The van der Waals surface area contributed by atoms with E-state index in [1.807, 2.05) is 13.8 Å². The Morgan fingerprint density at radius 3 is 2.89 bits per heavy atom. The lowest BCUT2D eigenvalue weighted by Crippen LogP contribution is -2.59. The molecule has 0 aromatic heterocycles. The molecule has 98 valence electrons. The van der Waals surface area contributed by atoms with Gasteiger partial charge in [0.1, 0.15) is 0 Å². The summed E-state index contributed by atoms with van der Waals surface area (Å²) in [4.78, 5) is 14.1. The Morgan fingerprint density at radius 1 is 1.50 bits per heavy atom. The molecule has 1 saturated heterocycles. The first-order valence-corrected chi connectivity index (χ1v) is 6.28. The molecule has 0 aliphatic carbocycles. The summed E-state index contributed by atoms with van der Waals surface area (Å²) in [6.07, 6.45) is 0. The summed E-state index contributed by atoms with van der Waals surface area (Å²) in [5.41, 5.74) is -0.290. The fraction of sp³-hybridized carbons (Fsp3) is 0.462. The minimum absolute atomic E-state index is 0.0196. The van der Waals surface area contributed by atoms with E-state index in [2.05, 4.69) is 5.32 Å². The number of benzene rings is 1. The molecule has 1 heterocycles. The van der Waals surface area contributed by atoms with Gasteiger partial charge in [0.2, 0.25) is 0 Å². The number of amides is 1. The van der Waals surface area contributed by atoms with E-state index in [0.717, 1.165) is 6.54 Å². The predicted octanol–water partition coefficient (Wildman–Crippen LogP) is 2.30. The van der Waals surface area contributed by atoms with Crippen molar-refractivity contribution in [3.8, 4) is 0 Å². The van der Waals surface area contributed by atoms with Crippen molar-refractivity contribution in [1.82, 2.24) is 10.2 Å². The molecule has 5 heteroatoms. The third-order valence-electron chi connectivity index (χ3n) is 3.23. The van der Waals surface area contributed by atoms with Crippen LogP contribution in [0.1, 0.15) is 24.2 Å². The average molecular weight is 271 g/mol. The fourth-order valence-corrected chi connectivity index (χ4v) is 2.35. The Labute approximate surface area is 111 Å². The Bertz CT molecular complexity index is 476. The van der Waals surface area contributed by atoms with Gasteiger partial charge in [0, 0.05) is 19.6 Å². The molecule has 0 saturated carbocycles. The van der Waals surface area contributed by atoms with Gasteiger partial charge in [0.15, 0.2) is 5.82 Å². The maximum Gasteiger partial charge on any atom is 0.257 e. The standard InChI is InChI=1S/C13H16ClFN2O/c1-13(2)8-16-6-7-17(13)12(18)9-4-3-5-10(14)11(9)15/h3-5,16H,6-8H2,1-2H3. The maximum absolute atomic E-state index is 13.9. The second-order valence-corrected chi connectivity index (χ2v) is 5.45. The normalized spacial score (nSPS) is 18.8. The minimum Gasteiger partial charge on any atom is -0.331 e. The summed E-state index contributed by atoms with van der Waals surface area (Å²) in [6, 6.07) is 4.51. The average Bonchev–Trinajstić information content (AvgIpc) is 2.31. The van der Waals surface area contributed by atoms with Crippen molar-refractivity contribution in [3.63, 3.8) is 0 Å². The first kappa shape index (κ1) is 13.3. The van der Waals surface area contributed by atoms with E-state index < -0.39 is 5.82 Å². The van der Waals surface area contributed by atoms with Crippen LogP contribution in [-0.4, -0.2) is 36.0 Å². The number of nitrogens with zero attached hydrogens (tertiary/aromatic N) is 1. The summed E-state index contributed by atoms with van der Waals surface area (Å²) in [6.45, 7) is 5.90. The summed E-state index contributed by atoms with van der Waals surface area (Å²) in [5.74, 6) is -0.944. The highest BCUT2D eigenvalue weighted by molar-refractivity contribution is 6.31. The monoisotopic (exact) mass is 270 g/mol. The van der Waals surface area contributed by atoms with Crippen LogP contribution in [0, 0.1) is 5.82 Å². The van der Waals surface area contributed by atoms with Gasteiger partial charge >= 0.3 is 0 Å². The molecule has 3 nitrogen and oxygen atoms in total. The number of rotatable bonds is 1. The zero-order chi connectivity index (χ0) is 13.3. The topological polar surface area (TPSA) is 32.3 Å². The number of hydrogen-bond donors (Lipinski definition) is 1. The van der Waals surface area contributed by atoms with Gasteiger partial charge in [-0.3, -0.25) is 4.79 Å². The molecule has 1 aliphatic heterocycles. The van der Waals surface area contributed by atoms with Gasteiger partial charge in [-0.05, 0) is 26.0 Å². The number of carbonyl (C=O) groups excluding carboxylic acids is 1. The summed E-state index contributed by atoms with van der Waals surface area (Å²) in [7, 11) is 0. The second-order valence-electron chi connectivity index (χ2n) is 5.05. The van der Waals surface area contributed by atoms with E-state index in [1.54, 1.807) is 11.0 Å². The lowest BCUT2D eigenvalue weighted by molar-refractivity contribution is 0.0473. The van der Waals surface area contributed by atoms with Gasteiger partial charge in [-0.15, -0.1) is 0 Å².